The molecule has 0 unspecified atom stereocenters. The molecule has 0 aliphatic heterocycles. The molecular formula is C10H8BrF3O2. The average molecular weight is 297 g/mol. The molecule has 0 aliphatic carbocycles. The van der Waals surface area contributed by atoms with E-state index < -0.39 is 11.7 Å². The largest absolute Gasteiger partial charge is 0.417 e. The normalized spacial score (nSPS) is 11.6. The van der Waals surface area contributed by atoms with Gasteiger partial charge in [0.25, 0.3) is 0 Å². The van der Waals surface area contributed by atoms with Crippen LogP contribution in [0.4, 0.5) is 13.2 Å². The van der Waals surface area contributed by atoms with Crippen molar-refractivity contribution in [1.82, 2.24) is 0 Å². The highest BCUT2D eigenvalue weighted by molar-refractivity contribution is 9.10. The van der Waals surface area contributed by atoms with Crippen molar-refractivity contribution in [2.75, 3.05) is 7.11 Å². The van der Waals surface area contributed by atoms with Gasteiger partial charge in [-0.2, -0.15) is 13.2 Å². The van der Waals surface area contributed by atoms with Crippen LogP contribution in [0.1, 0.15) is 21.5 Å². The van der Waals surface area contributed by atoms with Gasteiger partial charge < -0.3 is 4.74 Å². The quantitative estimate of drug-likeness (QED) is 0.799. The van der Waals surface area contributed by atoms with Gasteiger partial charge in [0.05, 0.1) is 12.2 Å². The lowest BCUT2D eigenvalue weighted by Crippen LogP contribution is -2.08. The van der Waals surface area contributed by atoms with Gasteiger partial charge in [0.15, 0.2) is 0 Å². The summed E-state index contributed by atoms with van der Waals surface area (Å²) in [7, 11) is 1.40. The van der Waals surface area contributed by atoms with Crippen LogP contribution < -0.4 is 0 Å². The molecule has 0 fully saturated rings. The van der Waals surface area contributed by atoms with Gasteiger partial charge in [-0.15, -0.1) is 0 Å². The van der Waals surface area contributed by atoms with Gasteiger partial charge in [0.2, 0.25) is 0 Å². The standard InChI is InChI=1S/C10H8BrF3O2/c1-16-5-7-3-9(11)8(10(12,13)14)2-6(7)4-15/h2-4H,5H2,1H3. The van der Waals surface area contributed by atoms with Crippen LogP contribution in [0.2, 0.25) is 0 Å². The molecule has 6 heteroatoms. The molecule has 0 spiro atoms. The first kappa shape index (κ1) is 13.2. The van der Waals surface area contributed by atoms with Crippen molar-refractivity contribution in [2.24, 2.45) is 0 Å². The maximum absolute atomic E-state index is 12.5. The third kappa shape index (κ3) is 2.82. The number of carbonyl (C=O) groups is 1. The van der Waals surface area contributed by atoms with Crippen molar-refractivity contribution < 1.29 is 22.7 Å². The molecule has 0 aromatic heterocycles. The van der Waals surface area contributed by atoms with E-state index in [-0.39, 0.29) is 16.6 Å². The van der Waals surface area contributed by atoms with E-state index in [0.717, 1.165) is 6.07 Å². The average Bonchev–Trinajstić information content (AvgIpc) is 2.16. The number of methoxy groups -OCH3 is 1. The van der Waals surface area contributed by atoms with Crippen molar-refractivity contribution in [3.05, 3.63) is 33.3 Å². The third-order valence-electron chi connectivity index (χ3n) is 1.96. The Labute approximate surface area is 98.5 Å². The number of ether oxygens (including phenoxy) is 1. The van der Waals surface area contributed by atoms with Crippen LogP contribution in [-0.2, 0) is 17.5 Å². The van der Waals surface area contributed by atoms with Crippen molar-refractivity contribution in [1.29, 1.82) is 0 Å². The molecule has 1 aromatic rings. The van der Waals surface area contributed by atoms with Gasteiger partial charge in [-0.3, -0.25) is 4.79 Å². The smallest absolute Gasteiger partial charge is 0.380 e. The zero-order valence-electron chi connectivity index (χ0n) is 8.27. The SMILES string of the molecule is COCc1cc(Br)c(C(F)(F)F)cc1C=O. The number of hydrogen-bond donors (Lipinski definition) is 0. The van der Waals surface area contributed by atoms with Crippen molar-refractivity contribution in [3.8, 4) is 0 Å². The summed E-state index contributed by atoms with van der Waals surface area (Å²) >= 11 is 2.82. The molecule has 2 nitrogen and oxygen atoms in total. The molecule has 0 N–H and O–H groups in total. The summed E-state index contributed by atoms with van der Waals surface area (Å²) in [6, 6.07) is 2.06. The Morgan fingerprint density at radius 3 is 2.50 bits per heavy atom. The molecule has 88 valence electrons. The molecular weight excluding hydrogens is 289 g/mol. The Hall–Kier alpha value is -0.880. The minimum atomic E-state index is -4.48. The molecule has 0 amide bonds. The number of carbonyl (C=O) groups excluding carboxylic acids is 1. The van der Waals surface area contributed by atoms with Crippen LogP contribution in [0, 0.1) is 0 Å². The Kier molecular flexibility index (Phi) is 4.09. The molecule has 1 rings (SSSR count). The van der Waals surface area contributed by atoms with E-state index in [1.807, 2.05) is 0 Å². The van der Waals surface area contributed by atoms with Gasteiger partial charge in [0.1, 0.15) is 6.29 Å². The summed E-state index contributed by atoms with van der Waals surface area (Å²) in [5.74, 6) is 0. The van der Waals surface area contributed by atoms with E-state index in [2.05, 4.69) is 15.9 Å². The van der Waals surface area contributed by atoms with E-state index in [1.165, 1.54) is 13.2 Å². The molecule has 0 radical (unpaired) electrons. The minimum absolute atomic E-state index is 0.0163. The first-order valence-corrected chi connectivity index (χ1v) is 5.03. The number of aldehydes is 1. The summed E-state index contributed by atoms with van der Waals surface area (Å²) in [5.41, 5.74) is -0.468. The van der Waals surface area contributed by atoms with Crippen LogP contribution in [0.3, 0.4) is 0 Å². The molecule has 0 saturated carbocycles. The molecule has 1 aromatic carbocycles. The number of benzene rings is 1. The van der Waals surface area contributed by atoms with Crippen molar-refractivity contribution >= 4 is 22.2 Å². The summed E-state index contributed by atoms with van der Waals surface area (Å²) in [4.78, 5) is 10.7. The number of halogens is 4. The second-order valence-electron chi connectivity index (χ2n) is 3.08. The van der Waals surface area contributed by atoms with Gasteiger partial charge in [-0.1, -0.05) is 15.9 Å². The summed E-state index contributed by atoms with van der Waals surface area (Å²) < 4.78 is 42.2. The summed E-state index contributed by atoms with van der Waals surface area (Å²) in [6.07, 6.45) is -4.10. The number of rotatable bonds is 3. The Balaban J connectivity index is 3.31. The van der Waals surface area contributed by atoms with Crippen LogP contribution >= 0.6 is 15.9 Å². The third-order valence-corrected chi connectivity index (χ3v) is 2.62. The van der Waals surface area contributed by atoms with Gasteiger partial charge in [-0.05, 0) is 17.7 Å². The van der Waals surface area contributed by atoms with E-state index >= 15 is 0 Å². The first-order valence-electron chi connectivity index (χ1n) is 4.24. The fourth-order valence-electron chi connectivity index (χ4n) is 1.24. The highest BCUT2D eigenvalue weighted by atomic mass is 79.9. The van der Waals surface area contributed by atoms with Crippen LogP contribution in [-0.4, -0.2) is 13.4 Å². The Bertz CT molecular complexity index is 402. The van der Waals surface area contributed by atoms with Crippen LogP contribution in [0.15, 0.2) is 16.6 Å². The zero-order chi connectivity index (χ0) is 12.3. The van der Waals surface area contributed by atoms with Gasteiger partial charge >= 0.3 is 6.18 Å². The second kappa shape index (κ2) is 4.97. The highest BCUT2D eigenvalue weighted by Gasteiger charge is 2.33. The Morgan fingerprint density at radius 2 is 2.06 bits per heavy atom. The second-order valence-corrected chi connectivity index (χ2v) is 3.93. The summed E-state index contributed by atoms with van der Waals surface area (Å²) in [6.45, 7) is 0.0881. The minimum Gasteiger partial charge on any atom is -0.380 e. The predicted octanol–water partition coefficient (Wildman–Crippen LogP) is 3.43. The number of alkyl halides is 3. The molecule has 0 saturated heterocycles. The van der Waals surface area contributed by atoms with E-state index in [1.54, 1.807) is 0 Å². The topological polar surface area (TPSA) is 26.3 Å². The van der Waals surface area contributed by atoms with Gasteiger partial charge in [0, 0.05) is 17.1 Å². The Morgan fingerprint density at radius 1 is 1.44 bits per heavy atom. The first-order chi connectivity index (χ1) is 7.40. The zero-order valence-corrected chi connectivity index (χ0v) is 9.85. The molecule has 0 heterocycles. The van der Waals surface area contributed by atoms with Gasteiger partial charge in [-0.25, -0.2) is 0 Å². The molecule has 0 atom stereocenters. The van der Waals surface area contributed by atoms with Crippen LogP contribution in [0.5, 0.6) is 0 Å². The molecule has 0 bridgehead atoms. The number of hydrogen-bond acceptors (Lipinski definition) is 2. The monoisotopic (exact) mass is 296 g/mol. The van der Waals surface area contributed by atoms with E-state index in [0.29, 0.717) is 11.8 Å². The predicted molar refractivity (Wildman–Crippen MR) is 55.2 cm³/mol. The highest BCUT2D eigenvalue weighted by Crippen LogP contribution is 2.36. The summed E-state index contributed by atoms with van der Waals surface area (Å²) in [5, 5.41) is 0. The lowest BCUT2D eigenvalue weighted by molar-refractivity contribution is -0.138. The van der Waals surface area contributed by atoms with Crippen molar-refractivity contribution in [2.45, 2.75) is 12.8 Å². The maximum atomic E-state index is 12.5. The van der Waals surface area contributed by atoms with Crippen LogP contribution in [0.25, 0.3) is 0 Å². The lowest BCUT2D eigenvalue weighted by atomic mass is 10.1. The fraction of sp³-hybridized carbons (Fsp3) is 0.300. The fourth-order valence-corrected chi connectivity index (χ4v) is 1.85. The lowest BCUT2D eigenvalue weighted by Gasteiger charge is -2.12. The maximum Gasteiger partial charge on any atom is 0.417 e. The van der Waals surface area contributed by atoms with E-state index in [4.69, 9.17) is 4.74 Å². The molecule has 0 aliphatic rings. The van der Waals surface area contributed by atoms with Crippen molar-refractivity contribution in [3.63, 3.8) is 0 Å². The molecule has 16 heavy (non-hydrogen) atoms. The van der Waals surface area contributed by atoms with E-state index in [9.17, 15) is 18.0 Å².